The zero-order chi connectivity index (χ0) is 19.1. The zero-order valence-electron chi connectivity index (χ0n) is 13.8. The van der Waals surface area contributed by atoms with Crippen molar-refractivity contribution in [2.45, 2.75) is 5.22 Å². The molecule has 0 radical (unpaired) electrons. The second-order valence-electron chi connectivity index (χ2n) is 5.08. The molecule has 0 aliphatic rings. The minimum Gasteiger partial charge on any atom is -0.449 e. The molecule has 2 aromatic carbocycles. The van der Waals surface area contributed by atoms with E-state index in [2.05, 4.69) is 38.0 Å². The van der Waals surface area contributed by atoms with Crippen LogP contribution in [0.4, 0.5) is 0 Å². The second-order valence-corrected chi connectivity index (χ2v) is 7.30. The van der Waals surface area contributed by atoms with Gasteiger partial charge in [-0.2, -0.15) is 0 Å². The van der Waals surface area contributed by atoms with Crippen LogP contribution in [0, 0.1) is 11.8 Å². The number of hydrogen-bond acceptors (Lipinski definition) is 6. The van der Waals surface area contributed by atoms with E-state index in [1.165, 1.54) is 11.8 Å². The zero-order valence-corrected chi connectivity index (χ0v) is 17.0. The standard InChI is InChI=1S/C19H12BrClN2O3S/c20-16-6-2-1-5-15(16)18(24)25-11-3-4-12-27-19-23-22-17(26-19)13-7-9-14(21)10-8-13/h1-2,5-10H,11-12H2. The van der Waals surface area contributed by atoms with Crippen molar-refractivity contribution < 1.29 is 13.9 Å². The summed E-state index contributed by atoms with van der Waals surface area (Å²) in [7, 11) is 0. The summed E-state index contributed by atoms with van der Waals surface area (Å²) >= 11 is 10.5. The number of hydrogen-bond donors (Lipinski definition) is 0. The van der Waals surface area contributed by atoms with Gasteiger partial charge < -0.3 is 9.15 Å². The van der Waals surface area contributed by atoms with Crippen molar-refractivity contribution in [3.05, 3.63) is 63.6 Å². The highest BCUT2D eigenvalue weighted by atomic mass is 79.9. The largest absolute Gasteiger partial charge is 0.449 e. The highest BCUT2D eigenvalue weighted by molar-refractivity contribution is 9.10. The minimum atomic E-state index is -0.422. The van der Waals surface area contributed by atoms with Crippen LogP contribution in [0.15, 0.2) is 62.6 Å². The van der Waals surface area contributed by atoms with E-state index in [-0.39, 0.29) is 6.61 Å². The molecule has 0 unspecified atom stereocenters. The van der Waals surface area contributed by atoms with Gasteiger partial charge in [0.1, 0.15) is 0 Å². The number of rotatable bonds is 5. The first-order chi connectivity index (χ1) is 13.1. The van der Waals surface area contributed by atoms with Crippen LogP contribution in [-0.2, 0) is 4.74 Å². The van der Waals surface area contributed by atoms with Crippen LogP contribution in [0.5, 0.6) is 0 Å². The van der Waals surface area contributed by atoms with Gasteiger partial charge in [0.05, 0.1) is 11.3 Å². The van der Waals surface area contributed by atoms with Gasteiger partial charge in [-0.3, -0.25) is 0 Å². The fraction of sp³-hybridized carbons (Fsp3) is 0.105. The van der Waals surface area contributed by atoms with Crippen LogP contribution in [0.1, 0.15) is 10.4 Å². The van der Waals surface area contributed by atoms with E-state index in [0.29, 0.717) is 31.9 Å². The summed E-state index contributed by atoms with van der Waals surface area (Å²) in [6.07, 6.45) is 0. The maximum absolute atomic E-state index is 11.9. The predicted octanol–water partition coefficient (Wildman–Crippen LogP) is 5.11. The van der Waals surface area contributed by atoms with E-state index in [1.807, 2.05) is 18.2 Å². The average molecular weight is 464 g/mol. The van der Waals surface area contributed by atoms with Gasteiger partial charge in [0.25, 0.3) is 5.22 Å². The average Bonchev–Trinajstić information content (AvgIpc) is 3.14. The quantitative estimate of drug-likeness (QED) is 0.298. The number of nitrogens with zero attached hydrogens (tertiary/aromatic N) is 2. The Bertz CT molecular complexity index is 996. The van der Waals surface area contributed by atoms with Gasteiger partial charge in [-0.25, -0.2) is 4.79 Å². The molecular formula is C19H12BrClN2O3S. The highest BCUT2D eigenvalue weighted by Gasteiger charge is 2.10. The number of esters is 1. The van der Waals surface area contributed by atoms with Gasteiger partial charge in [-0.1, -0.05) is 47.3 Å². The summed E-state index contributed by atoms with van der Waals surface area (Å²) in [4.78, 5) is 11.9. The Morgan fingerprint density at radius 3 is 2.70 bits per heavy atom. The molecule has 0 aliphatic carbocycles. The maximum atomic E-state index is 11.9. The first-order valence-corrected chi connectivity index (χ1v) is 9.89. The molecule has 0 amide bonds. The van der Waals surface area contributed by atoms with Crippen LogP contribution in [0.2, 0.25) is 5.02 Å². The molecule has 0 bridgehead atoms. The molecule has 136 valence electrons. The first-order valence-electron chi connectivity index (χ1n) is 7.73. The van der Waals surface area contributed by atoms with Crippen LogP contribution >= 0.6 is 39.3 Å². The lowest BCUT2D eigenvalue weighted by atomic mass is 10.2. The molecule has 0 spiro atoms. The second kappa shape index (κ2) is 9.60. The van der Waals surface area contributed by atoms with Crippen molar-refractivity contribution >= 4 is 45.3 Å². The van der Waals surface area contributed by atoms with Crippen molar-refractivity contribution in [2.75, 3.05) is 12.4 Å². The summed E-state index contributed by atoms with van der Waals surface area (Å²) in [5.74, 6) is 6.12. The normalized spacial score (nSPS) is 10.1. The monoisotopic (exact) mass is 462 g/mol. The Balaban J connectivity index is 1.45. The number of benzene rings is 2. The summed E-state index contributed by atoms with van der Waals surface area (Å²) in [5.41, 5.74) is 1.26. The molecule has 0 atom stereocenters. The lowest BCUT2D eigenvalue weighted by Crippen LogP contribution is -2.06. The maximum Gasteiger partial charge on any atom is 0.340 e. The number of aromatic nitrogens is 2. The molecule has 0 N–H and O–H groups in total. The fourth-order valence-electron chi connectivity index (χ4n) is 1.98. The molecule has 0 saturated heterocycles. The van der Waals surface area contributed by atoms with Gasteiger partial charge in [-0.05, 0) is 52.3 Å². The lowest BCUT2D eigenvalue weighted by molar-refractivity contribution is 0.0555. The summed E-state index contributed by atoms with van der Waals surface area (Å²) in [6.45, 7) is 0.0145. The smallest absolute Gasteiger partial charge is 0.340 e. The van der Waals surface area contributed by atoms with Gasteiger partial charge in [-0.15, -0.1) is 10.2 Å². The molecule has 0 saturated carbocycles. The van der Waals surface area contributed by atoms with Crippen molar-refractivity contribution in [1.29, 1.82) is 0 Å². The Hall–Kier alpha value is -2.27. The van der Waals surface area contributed by atoms with Gasteiger partial charge >= 0.3 is 5.97 Å². The van der Waals surface area contributed by atoms with Gasteiger partial charge in [0.2, 0.25) is 5.89 Å². The van der Waals surface area contributed by atoms with Crippen LogP contribution in [0.25, 0.3) is 11.5 Å². The van der Waals surface area contributed by atoms with Crippen molar-refractivity contribution in [2.24, 2.45) is 0 Å². The highest BCUT2D eigenvalue weighted by Crippen LogP contribution is 2.24. The molecule has 5 nitrogen and oxygen atoms in total. The fourth-order valence-corrected chi connectivity index (χ4v) is 3.09. The van der Waals surface area contributed by atoms with E-state index in [0.717, 1.165) is 5.56 Å². The van der Waals surface area contributed by atoms with E-state index in [4.69, 9.17) is 20.8 Å². The topological polar surface area (TPSA) is 65.2 Å². The van der Waals surface area contributed by atoms with Crippen LogP contribution < -0.4 is 0 Å². The third-order valence-electron chi connectivity index (χ3n) is 3.26. The summed E-state index contributed by atoms with van der Waals surface area (Å²) < 4.78 is 11.4. The Labute approximate surface area is 173 Å². The molecule has 8 heteroatoms. The number of ether oxygens (including phenoxy) is 1. The van der Waals surface area contributed by atoms with E-state index >= 15 is 0 Å². The Morgan fingerprint density at radius 2 is 1.93 bits per heavy atom. The Morgan fingerprint density at radius 1 is 1.15 bits per heavy atom. The molecule has 1 aromatic heterocycles. The number of thioether (sulfide) groups is 1. The summed E-state index contributed by atoms with van der Waals surface area (Å²) in [5, 5.41) is 9.02. The van der Waals surface area contributed by atoms with Crippen molar-refractivity contribution in [3.63, 3.8) is 0 Å². The van der Waals surface area contributed by atoms with E-state index < -0.39 is 5.97 Å². The predicted molar refractivity (Wildman–Crippen MR) is 108 cm³/mol. The first kappa shape index (κ1) is 19.5. The molecule has 0 aliphatic heterocycles. The molecule has 0 fully saturated rings. The molecule has 27 heavy (non-hydrogen) atoms. The molecule has 3 aromatic rings. The lowest BCUT2D eigenvalue weighted by Gasteiger charge is -2.02. The van der Waals surface area contributed by atoms with Crippen molar-refractivity contribution in [1.82, 2.24) is 10.2 Å². The van der Waals surface area contributed by atoms with Crippen LogP contribution in [0.3, 0.4) is 0 Å². The van der Waals surface area contributed by atoms with Gasteiger partial charge in [0, 0.05) is 15.1 Å². The van der Waals surface area contributed by atoms with E-state index in [1.54, 1.807) is 30.3 Å². The third kappa shape index (κ3) is 5.60. The Kier molecular flexibility index (Phi) is 6.93. The molecule has 1 heterocycles. The summed E-state index contributed by atoms with van der Waals surface area (Å²) in [6, 6.07) is 14.2. The number of halogens is 2. The van der Waals surface area contributed by atoms with E-state index in [9.17, 15) is 4.79 Å². The SMILES string of the molecule is O=C(OCC#CCSc1nnc(-c2ccc(Cl)cc2)o1)c1ccccc1Br. The third-order valence-corrected chi connectivity index (χ3v) is 4.90. The van der Waals surface area contributed by atoms with Crippen molar-refractivity contribution in [3.8, 4) is 23.3 Å². The number of carbonyl (C=O) groups excluding carboxylic acids is 1. The van der Waals surface area contributed by atoms with Crippen LogP contribution in [-0.4, -0.2) is 28.5 Å². The van der Waals surface area contributed by atoms with Gasteiger partial charge in [0.15, 0.2) is 6.61 Å². The number of carbonyl (C=O) groups is 1. The molecule has 3 rings (SSSR count). The minimum absolute atomic E-state index is 0.0145. The molecular weight excluding hydrogens is 452 g/mol.